The van der Waals surface area contributed by atoms with Crippen molar-refractivity contribution < 1.29 is 124 Å². The molecule has 0 spiro atoms. The molecule has 0 heterocycles. The van der Waals surface area contributed by atoms with Crippen molar-refractivity contribution in [2.75, 3.05) is 0 Å². The second-order valence-electron chi connectivity index (χ2n) is 9.90. The molecule has 1 atom stereocenters. The van der Waals surface area contributed by atoms with Gasteiger partial charge in [0.2, 0.25) is 0 Å². The molecule has 278 valence electrons. The number of alkyl halides is 26. The average Bonchev–Trinajstić information content (AvgIpc) is 2.78. The quantitative estimate of drug-likeness (QED) is 0.106. The van der Waals surface area contributed by atoms with Crippen LogP contribution >= 0.6 is 0 Å². The van der Waals surface area contributed by atoms with E-state index in [2.05, 4.69) is 9.78 Å². The van der Waals surface area contributed by atoms with E-state index in [1.807, 2.05) is 0 Å². The van der Waals surface area contributed by atoms with Gasteiger partial charge in [-0.3, -0.25) is 0 Å². The number of halogens is 26. The van der Waals surface area contributed by atoms with Crippen LogP contribution in [0.4, 0.5) is 114 Å². The van der Waals surface area contributed by atoms with Crippen molar-refractivity contribution >= 4 is 0 Å². The molecule has 0 N–H and O–H groups in total. The summed E-state index contributed by atoms with van der Waals surface area (Å²) in [6.45, 7) is 1.27. The van der Waals surface area contributed by atoms with Crippen molar-refractivity contribution in [2.45, 2.75) is 110 Å². The van der Waals surface area contributed by atoms with E-state index >= 15 is 0 Å². The van der Waals surface area contributed by atoms with E-state index < -0.39 is 89.7 Å². The third kappa shape index (κ3) is 6.44. The molecule has 0 aliphatic heterocycles. The summed E-state index contributed by atoms with van der Waals surface area (Å²) >= 11 is 0. The molecule has 1 unspecified atom stereocenters. The van der Waals surface area contributed by atoms with E-state index in [9.17, 15) is 114 Å². The number of rotatable bonds is 13. The monoisotopic (exact) mass is 754 g/mol. The normalized spacial score (nSPS) is 17.4. The average molecular weight is 754 g/mol. The maximum Gasteiger partial charge on any atom is 0.460 e. The second-order valence-corrected chi connectivity index (χ2v) is 9.90. The van der Waals surface area contributed by atoms with E-state index in [1.165, 1.54) is 0 Å². The predicted molar refractivity (Wildman–Crippen MR) is 91.9 cm³/mol. The topological polar surface area (TPSA) is 18.5 Å². The van der Waals surface area contributed by atoms with Crippen LogP contribution in [0, 0.1) is 0 Å². The standard InChI is InChI=1S/C18H12F26O2/c1-6(2,3)46-45-5(8(21,22)10(25,26)12(29,30)14(33,34)16(37,38)18(42,43)44)4-7(19,20)9(23,24)11(27,28)13(31,32)15(35,36)17(39,40)41/h5H,4H2,1-3H3. The first-order valence-electron chi connectivity index (χ1n) is 10.6. The Morgan fingerprint density at radius 1 is 0.370 bits per heavy atom. The van der Waals surface area contributed by atoms with Crippen LogP contribution in [-0.4, -0.2) is 83.3 Å². The molecule has 0 aliphatic carbocycles. The number of hydrogen-bond acceptors (Lipinski definition) is 2. The summed E-state index contributed by atoms with van der Waals surface area (Å²) in [5.41, 5.74) is -2.51. The highest BCUT2D eigenvalue weighted by Gasteiger charge is 2.93. The Bertz CT molecular complexity index is 1060. The molecular formula is C18H12F26O2. The Balaban J connectivity index is 7.39. The van der Waals surface area contributed by atoms with Gasteiger partial charge in [-0.25, -0.2) is 9.78 Å². The molecule has 0 radical (unpaired) electrons. The van der Waals surface area contributed by atoms with Gasteiger partial charge in [-0.05, 0) is 20.8 Å². The maximum atomic E-state index is 14.5. The van der Waals surface area contributed by atoms with E-state index in [-0.39, 0.29) is 0 Å². The van der Waals surface area contributed by atoms with Crippen molar-refractivity contribution in [1.29, 1.82) is 0 Å². The van der Waals surface area contributed by atoms with Gasteiger partial charge in [0.1, 0.15) is 0 Å². The summed E-state index contributed by atoms with van der Waals surface area (Å²) in [4.78, 5) is 6.52. The molecule has 0 saturated carbocycles. The van der Waals surface area contributed by atoms with Gasteiger partial charge in [0, 0.05) is 0 Å². The highest BCUT2D eigenvalue weighted by molar-refractivity contribution is 5.14. The maximum absolute atomic E-state index is 14.5. The summed E-state index contributed by atoms with van der Waals surface area (Å²) in [5.74, 6) is -85.3. The Labute approximate surface area is 235 Å². The summed E-state index contributed by atoms with van der Waals surface area (Å²) in [6.07, 6.45) is -26.5. The lowest BCUT2D eigenvalue weighted by Crippen LogP contribution is -2.73. The van der Waals surface area contributed by atoms with Crippen molar-refractivity contribution in [1.82, 2.24) is 0 Å². The summed E-state index contributed by atoms with van der Waals surface area (Å²) in [6, 6.07) is 0. The van der Waals surface area contributed by atoms with E-state index in [0.29, 0.717) is 20.8 Å². The smallest absolute Gasteiger partial charge is 0.230 e. The Kier molecular flexibility index (Phi) is 10.9. The molecule has 0 aromatic heterocycles. The van der Waals surface area contributed by atoms with Crippen molar-refractivity contribution in [3.05, 3.63) is 0 Å². The molecule has 0 amide bonds. The van der Waals surface area contributed by atoms with Crippen LogP contribution in [0.25, 0.3) is 0 Å². The van der Waals surface area contributed by atoms with Crippen LogP contribution in [0.3, 0.4) is 0 Å². The van der Waals surface area contributed by atoms with Gasteiger partial charge < -0.3 is 0 Å². The fourth-order valence-corrected chi connectivity index (χ4v) is 2.57. The molecule has 0 rings (SSSR count). The minimum Gasteiger partial charge on any atom is -0.230 e. The summed E-state index contributed by atoms with van der Waals surface area (Å²) in [7, 11) is 0. The third-order valence-electron chi connectivity index (χ3n) is 5.22. The van der Waals surface area contributed by atoms with Crippen LogP contribution in [0.1, 0.15) is 27.2 Å². The first kappa shape index (κ1) is 44.1. The van der Waals surface area contributed by atoms with Crippen LogP contribution in [0.5, 0.6) is 0 Å². The van der Waals surface area contributed by atoms with Gasteiger partial charge in [0.15, 0.2) is 6.10 Å². The van der Waals surface area contributed by atoms with E-state index in [0.717, 1.165) is 0 Å². The summed E-state index contributed by atoms with van der Waals surface area (Å²) < 4.78 is 347. The SMILES string of the molecule is CC(C)(C)OOC(CC(F)(F)C(F)(F)C(F)(F)C(F)(F)C(F)(F)C(F)(F)F)C(F)(F)C(F)(F)C(F)(F)C(F)(F)C(F)(F)C(F)(F)F. The Hall–Kier alpha value is -1.90. The van der Waals surface area contributed by atoms with Crippen LogP contribution in [0.15, 0.2) is 0 Å². The lowest BCUT2D eigenvalue weighted by atomic mass is 9.87. The van der Waals surface area contributed by atoms with Crippen molar-refractivity contribution in [3.8, 4) is 0 Å². The predicted octanol–water partition coefficient (Wildman–Crippen LogP) is 9.97. The zero-order valence-corrected chi connectivity index (χ0v) is 21.4. The van der Waals surface area contributed by atoms with Crippen LogP contribution < -0.4 is 0 Å². The third-order valence-corrected chi connectivity index (χ3v) is 5.22. The van der Waals surface area contributed by atoms with E-state index in [1.54, 1.807) is 0 Å². The summed E-state index contributed by atoms with van der Waals surface area (Å²) in [5, 5.41) is 0. The lowest BCUT2D eigenvalue weighted by Gasteiger charge is -2.43. The zero-order chi connectivity index (χ0) is 38.2. The molecule has 28 heteroatoms. The molecule has 0 saturated heterocycles. The highest BCUT2D eigenvalue weighted by atomic mass is 19.4. The van der Waals surface area contributed by atoms with Gasteiger partial charge >= 0.3 is 71.6 Å². The Morgan fingerprint density at radius 2 is 0.630 bits per heavy atom. The zero-order valence-electron chi connectivity index (χ0n) is 21.4. The van der Waals surface area contributed by atoms with Gasteiger partial charge in [-0.1, -0.05) is 0 Å². The van der Waals surface area contributed by atoms with Gasteiger partial charge in [-0.2, -0.15) is 114 Å². The molecule has 46 heavy (non-hydrogen) atoms. The molecule has 2 nitrogen and oxygen atoms in total. The van der Waals surface area contributed by atoms with Crippen LogP contribution in [0.2, 0.25) is 0 Å². The Morgan fingerprint density at radius 3 is 0.891 bits per heavy atom. The van der Waals surface area contributed by atoms with Gasteiger partial charge in [0.25, 0.3) is 0 Å². The molecule has 0 fully saturated rings. The largest absolute Gasteiger partial charge is 0.460 e. The van der Waals surface area contributed by atoms with Crippen molar-refractivity contribution in [3.63, 3.8) is 0 Å². The van der Waals surface area contributed by atoms with Crippen LogP contribution in [-0.2, 0) is 9.78 Å². The lowest BCUT2D eigenvalue weighted by molar-refractivity contribution is -0.471. The fourth-order valence-electron chi connectivity index (χ4n) is 2.57. The molecule has 0 aromatic carbocycles. The molecular weight excluding hydrogens is 742 g/mol. The number of hydrogen-bond donors (Lipinski definition) is 0. The molecule has 0 aromatic rings. The first-order chi connectivity index (χ1) is 19.3. The van der Waals surface area contributed by atoms with E-state index in [4.69, 9.17) is 0 Å². The van der Waals surface area contributed by atoms with Crippen molar-refractivity contribution in [2.24, 2.45) is 0 Å². The fraction of sp³-hybridized carbons (Fsp3) is 1.00. The first-order valence-corrected chi connectivity index (χ1v) is 10.6. The van der Waals surface area contributed by atoms with Gasteiger partial charge in [-0.15, -0.1) is 0 Å². The second kappa shape index (κ2) is 11.3. The highest BCUT2D eigenvalue weighted by Crippen LogP contribution is 2.64. The molecule has 0 bridgehead atoms. The molecule has 0 aliphatic rings. The minimum atomic E-state index is -8.87. The van der Waals surface area contributed by atoms with Gasteiger partial charge in [0.05, 0.1) is 12.0 Å². The minimum absolute atomic E-state index is 0.424.